The monoisotopic (exact) mass is 496 g/mol. The van der Waals surface area contributed by atoms with Gasteiger partial charge in [0.2, 0.25) is 0 Å². The lowest BCUT2D eigenvalue weighted by atomic mass is 9.92. The standard InChI is InChI=1S/C27H33ClN4O3/c1-27(2,11-14-31-12-8-19(9-13-31)22-4-3-5-25(28)30-22)35-26(33)20-6-7-23-24(16-20)32(18-29-23)17-21-10-15-34-21/h3-7,16,18-19,21H,8-15,17H2,1-2H3. The number of imidazole rings is 1. The van der Waals surface area contributed by atoms with Crippen LogP contribution < -0.4 is 0 Å². The molecule has 0 N–H and O–H groups in total. The van der Waals surface area contributed by atoms with Crippen molar-refractivity contribution in [2.24, 2.45) is 0 Å². The molecule has 3 aromatic rings. The summed E-state index contributed by atoms with van der Waals surface area (Å²) in [5.74, 6) is 0.158. The van der Waals surface area contributed by atoms with Gasteiger partial charge < -0.3 is 18.9 Å². The van der Waals surface area contributed by atoms with E-state index in [1.54, 1.807) is 6.07 Å². The van der Waals surface area contributed by atoms with Crippen LogP contribution in [-0.4, -0.2) is 63.4 Å². The van der Waals surface area contributed by atoms with E-state index >= 15 is 0 Å². The molecule has 0 amide bonds. The SMILES string of the molecule is CC(C)(CCN1CCC(c2cccc(Cl)n2)CC1)OC(=O)c1ccc2ncn(CC3CCO3)c2c1. The van der Waals surface area contributed by atoms with Crippen LogP contribution >= 0.6 is 11.6 Å². The highest BCUT2D eigenvalue weighted by molar-refractivity contribution is 6.29. The van der Waals surface area contributed by atoms with E-state index in [1.165, 1.54) is 0 Å². The fourth-order valence-corrected chi connectivity index (χ4v) is 5.04. The van der Waals surface area contributed by atoms with E-state index in [0.717, 1.165) is 75.2 Å². The molecule has 0 bridgehead atoms. The summed E-state index contributed by atoms with van der Waals surface area (Å²) < 4.78 is 13.6. The average molecular weight is 497 g/mol. The van der Waals surface area contributed by atoms with Crippen molar-refractivity contribution in [3.8, 4) is 0 Å². The quantitative estimate of drug-likeness (QED) is 0.320. The number of fused-ring (bicyclic) bond motifs is 1. The molecule has 2 aliphatic rings. The van der Waals surface area contributed by atoms with Gasteiger partial charge in [-0.15, -0.1) is 0 Å². The Kier molecular flexibility index (Phi) is 7.09. The number of nitrogens with zero attached hydrogens (tertiary/aromatic N) is 4. The molecule has 0 aliphatic carbocycles. The molecule has 2 aromatic heterocycles. The zero-order valence-corrected chi connectivity index (χ0v) is 21.2. The Bertz CT molecular complexity index is 1180. The molecular formula is C27H33ClN4O3. The highest BCUT2D eigenvalue weighted by Gasteiger charge is 2.27. The average Bonchev–Trinajstić information content (AvgIpc) is 3.22. The predicted octanol–water partition coefficient (Wildman–Crippen LogP) is 5.08. The smallest absolute Gasteiger partial charge is 0.338 e. The molecule has 1 aromatic carbocycles. The van der Waals surface area contributed by atoms with E-state index in [1.807, 2.05) is 44.4 Å². The highest BCUT2D eigenvalue weighted by Crippen LogP contribution is 2.28. The molecule has 2 fully saturated rings. The van der Waals surface area contributed by atoms with E-state index in [9.17, 15) is 4.79 Å². The third-order valence-corrected chi connectivity index (χ3v) is 7.40. The highest BCUT2D eigenvalue weighted by atomic mass is 35.5. The zero-order chi connectivity index (χ0) is 24.4. The zero-order valence-electron chi connectivity index (χ0n) is 20.5. The number of carbonyl (C=O) groups is 1. The summed E-state index contributed by atoms with van der Waals surface area (Å²) in [4.78, 5) is 24.4. The van der Waals surface area contributed by atoms with Gasteiger partial charge in [-0.1, -0.05) is 17.7 Å². The van der Waals surface area contributed by atoms with E-state index < -0.39 is 5.60 Å². The molecule has 8 heteroatoms. The number of hydrogen-bond acceptors (Lipinski definition) is 6. The topological polar surface area (TPSA) is 69.5 Å². The first kappa shape index (κ1) is 24.2. The van der Waals surface area contributed by atoms with Crippen molar-refractivity contribution in [1.82, 2.24) is 19.4 Å². The third kappa shape index (κ3) is 5.85. The van der Waals surface area contributed by atoms with Crippen molar-refractivity contribution in [3.05, 3.63) is 59.1 Å². The van der Waals surface area contributed by atoms with Crippen molar-refractivity contribution < 1.29 is 14.3 Å². The number of piperidine rings is 1. The number of halogens is 1. The van der Waals surface area contributed by atoms with Crippen LogP contribution in [0.3, 0.4) is 0 Å². The number of ether oxygens (including phenoxy) is 2. The fourth-order valence-electron chi connectivity index (χ4n) is 4.87. The summed E-state index contributed by atoms with van der Waals surface area (Å²) >= 11 is 6.06. The Balaban J connectivity index is 1.14. The van der Waals surface area contributed by atoms with Gasteiger partial charge in [-0.2, -0.15) is 0 Å². The van der Waals surface area contributed by atoms with Gasteiger partial charge in [-0.05, 0) is 83.0 Å². The first-order valence-electron chi connectivity index (χ1n) is 12.5. The van der Waals surface area contributed by atoms with Gasteiger partial charge >= 0.3 is 5.97 Å². The summed E-state index contributed by atoms with van der Waals surface area (Å²) in [5, 5.41) is 0.560. The van der Waals surface area contributed by atoms with Crippen molar-refractivity contribution in [2.45, 2.75) is 63.7 Å². The van der Waals surface area contributed by atoms with Crippen LogP contribution in [0.15, 0.2) is 42.7 Å². The molecule has 0 saturated carbocycles. The maximum absolute atomic E-state index is 13.0. The molecule has 2 saturated heterocycles. The summed E-state index contributed by atoms with van der Waals surface area (Å²) in [6, 6.07) is 11.4. The van der Waals surface area contributed by atoms with E-state index in [0.29, 0.717) is 16.6 Å². The number of aromatic nitrogens is 3. The Morgan fingerprint density at radius 1 is 1.20 bits per heavy atom. The van der Waals surface area contributed by atoms with Gasteiger partial charge in [-0.3, -0.25) is 0 Å². The van der Waals surface area contributed by atoms with Crippen molar-refractivity contribution in [2.75, 3.05) is 26.2 Å². The van der Waals surface area contributed by atoms with Crippen molar-refractivity contribution in [3.63, 3.8) is 0 Å². The molecule has 0 spiro atoms. The molecule has 5 rings (SSSR count). The first-order valence-corrected chi connectivity index (χ1v) is 12.9. The number of carbonyl (C=O) groups excluding carboxylic acids is 1. The van der Waals surface area contributed by atoms with Crippen LogP contribution in [0.4, 0.5) is 0 Å². The summed E-state index contributed by atoms with van der Waals surface area (Å²) in [6.07, 6.45) is 6.01. The van der Waals surface area contributed by atoms with Crippen LogP contribution in [0.25, 0.3) is 11.0 Å². The Morgan fingerprint density at radius 2 is 2.00 bits per heavy atom. The lowest BCUT2D eigenvalue weighted by Gasteiger charge is -2.34. The molecule has 2 aliphatic heterocycles. The van der Waals surface area contributed by atoms with Gasteiger partial charge in [-0.25, -0.2) is 14.8 Å². The number of hydrogen-bond donors (Lipinski definition) is 0. The van der Waals surface area contributed by atoms with Gasteiger partial charge in [0.1, 0.15) is 10.8 Å². The summed E-state index contributed by atoms with van der Waals surface area (Å²) in [5.41, 5.74) is 2.89. The summed E-state index contributed by atoms with van der Waals surface area (Å²) in [6.45, 7) is 8.46. The number of esters is 1. The van der Waals surface area contributed by atoms with E-state index in [-0.39, 0.29) is 12.1 Å². The van der Waals surface area contributed by atoms with Crippen LogP contribution in [0.2, 0.25) is 5.15 Å². The third-order valence-electron chi connectivity index (χ3n) is 7.19. The molecule has 4 heterocycles. The second-order valence-electron chi connectivity index (χ2n) is 10.3. The predicted molar refractivity (Wildman–Crippen MR) is 136 cm³/mol. The number of likely N-dealkylation sites (tertiary alicyclic amines) is 1. The molecule has 0 radical (unpaired) electrons. The van der Waals surface area contributed by atoms with Gasteiger partial charge in [0, 0.05) is 24.8 Å². The van der Waals surface area contributed by atoms with E-state index in [2.05, 4.69) is 25.5 Å². The second kappa shape index (κ2) is 10.2. The van der Waals surface area contributed by atoms with E-state index in [4.69, 9.17) is 21.1 Å². The minimum absolute atomic E-state index is 0.230. The Hall–Kier alpha value is -2.48. The molecular weight excluding hydrogens is 464 g/mol. The van der Waals surface area contributed by atoms with Gasteiger partial charge in [0.15, 0.2) is 0 Å². The molecule has 7 nitrogen and oxygen atoms in total. The number of pyridine rings is 1. The van der Waals surface area contributed by atoms with Gasteiger partial charge in [0.25, 0.3) is 0 Å². The van der Waals surface area contributed by atoms with Gasteiger partial charge in [0.05, 0.1) is 35.6 Å². The maximum atomic E-state index is 13.0. The molecule has 186 valence electrons. The Labute approximate surface area is 211 Å². The molecule has 1 atom stereocenters. The normalized spacial score (nSPS) is 19.6. The Morgan fingerprint density at radius 3 is 2.71 bits per heavy atom. The maximum Gasteiger partial charge on any atom is 0.338 e. The minimum Gasteiger partial charge on any atom is -0.456 e. The van der Waals surface area contributed by atoms with Crippen molar-refractivity contribution in [1.29, 1.82) is 0 Å². The lowest BCUT2D eigenvalue weighted by Crippen LogP contribution is -2.38. The number of rotatable bonds is 8. The number of benzene rings is 1. The molecule has 1 unspecified atom stereocenters. The first-order chi connectivity index (χ1) is 16.9. The molecule has 35 heavy (non-hydrogen) atoms. The largest absolute Gasteiger partial charge is 0.456 e. The van der Waals surface area contributed by atoms with Crippen LogP contribution in [-0.2, 0) is 16.0 Å². The summed E-state index contributed by atoms with van der Waals surface area (Å²) in [7, 11) is 0. The van der Waals surface area contributed by atoms with Crippen LogP contribution in [0.5, 0.6) is 0 Å². The fraction of sp³-hybridized carbons (Fsp3) is 0.519. The second-order valence-corrected chi connectivity index (χ2v) is 10.7. The minimum atomic E-state index is -0.558. The van der Waals surface area contributed by atoms with Crippen LogP contribution in [0.1, 0.15) is 61.5 Å². The van der Waals surface area contributed by atoms with Crippen LogP contribution in [0, 0.1) is 0 Å². The lowest BCUT2D eigenvalue weighted by molar-refractivity contribution is -0.0586. The van der Waals surface area contributed by atoms with Crippen molar-refractivity contribution >= 4 is 28.6 Å².